The lowest BCUT2D eigenvalue weighted by molar-refractivity contribution is -0.143. The van der Waals surface area contributed by atoms with Gasteiger partial charge in [0.1, 0.15) is 13.2 Å². The standard InChI is InChI=1S/C18H12F6N2O3S/c19-17(20,21)10-6-11(18(22,23)24)8-12(7-10)25-16(30)26-15(27)9-1-2-13-14(5-9)29-4-3-28-13/h1-2,5-8H,3-4H2,(H2,25,26,27,30). The highest BCUT2D eigenvalue weighted by Gasteiger charge is 2.37. The summed E-state index contributed by atoms with van der Waals surface area (Å²) in [5.74, 6) is 0.00937. The number of carbonyl (C=O) groups excluding carboxylic acids is 1. The Morgan fingerprint density at radius 1 is 0.867 bits per heavy atom. The first-order chi connectivity index (χ1) is 13.9. The fraction of sp³-hybridized carbons (Fsp3) is 0.222. The van der Waals surface area contributed by atoms with Crippen LogP contribution in [0.4, 0.5) is 32.0 Å². The van der Waals surface area contributed by atoms with Gasteiger partial charge in [0.05, 0.1) is 11.1 Å². The maximum atomic E-state index is 12.9. The van der Waals surface area contributed by atoms with E-state index in [0.717, 1.165) is 0 Å². The molecule has 0 atom stereocenters. The van der Waals surface area contributed by atoms with Crippen LogP contribution in [-0.4, -0.2) is 24.2 Å². The maximum absolute atomic E-state index is 12.9. The Bertz CT molecular complexity index is 959. The number of hydrogen-bond donors (Lipinski definition) is 2. The van der Waals surface area contributed by atoms with Crippen molar-refractivity contribution in [1.29, 1.82) is 0 Å². The van der Waals surface area contributed by atoms with Gasteiger partial charge >= 0.3 is 12.4 Å². The van der Waals surface area contributed by atoms with Crippen molar-refractivity contribution in [3.63, 3.8) is 0 Å². The van der Waals surface area contributed by atoms with Crippen molar-refractivity contribution in [2.45, 2.75) is 12.4 Å². The molecule has 12 heteroatoms. The van der Waals surface area contributed by atoms with Crippen molar-refractivity contribution in [2.24, 2.45) is 0 Å². The Hall–Kier alpha value is -3.02. The second kappa shape index (κ2) is 8.01. The third-order valence-electron chi connectivity index (χ3n) is 3.88. The van der Waals surface area contributed by atoms with E-state index in [1.165, 1.54) is 18.2 Å². The first-order valence-corrected chi connectivity index (χ1v) is 8.66. The van der Waals surface area contributed by atoms with Crippen molar-refractivity contribution in [2.75, 3.05) is 18.5 Å². The Kier molecular flexibility index (Phi) is 5.79. The predicted octanol–water partition coefficient (Wildman–Crippen LogP) is 4.62. The van der Waals surface area contributed by atoms with Gasteiger partial charge in [-0.2, -0.15) is 26.3 Å². The van der Waals surface area contributed by atoms with E-state index in [4.69, 9.17) is 21.7 Å². The van der Waals surface area contributed by atoms with Gasteiger partial charge in [0.15, 0.2) is 16.6 Å². The number of thiocarbonyl (C=S) groups is 1. The van der Waals surface area contributed by atoms with Gasteiger partial charge in [0.25, 0.3) is 5.91 Å². The molecule has 1 amide bonds. The van der Waals surface area contributed by atoms with E-state index in [9.17, 15) is 31.1 Å². The molecular formula is C18H12F6N2O3S. The van der Waals surface area contributed by atoms with Gasteiger partial charge < -0.3 is 14.8 Å². The molecule has 2 N–H and O–H groups in total. The number of hydrogen-bond acceptors (Lipinski definition) is 4. The number of alkyl halides is 6. The average Bonchev–Trinajstić information content (AvgIpc) is 2.65. The van der Waals surface area contributed by atoms with E-state index in [1.807, 2.05) is 0 Å². The molecule has 30 heavy (non-hydrogen) atoms. The largest absolute Gasteiger partial charge is 0.486 e. The molecule has 0 saturated carbocycles. The minimum Gasteiger partial charge on any atom is -0.486 e. The van der Waals surface area contributed by atoms with Crippen molar-refractivity contribution in [3.05, 3.63) is 53.1 Å². The summed E-state index contributed by atoms with van der Waals surface area (Å²) in [7, 11) is 0. The molecule has 2 aromatic rings. The van der Waals surface area contributed by atoms with Crippen LogP contribution in [0.1, 0.15) is 21.5 Å². The number of amides is 1. The van der Waals surface area contributed by atoms with Crippen molar-refractivity contribution >= 4 is 28.9 Å². The molecule has 0 aromatic heterocycles. The Morgan fingerprint density at radius 3 is 2.00 bits per heavy atom. The second-order valence-electron chi connectivity index (χ2n) is 6.06. The molecule has 160 valence electrons. The molecule has 0 bridgehead atoms. The lowest BCUT2D eigenvalue weighted by Crippen LogP contribution is -2.34. The van der Waals surface area contributed by atoms with E-state index < -0.39 is 40.2 Å². The molecule has 0 radical (unpaired) electrons. The maximum Gasteiger partial charge on any atom is 0.416 e. The van der Waals surface area contributed by atoms with Gasteiger partial charge in [0, 0.05) is 11.3 Å². The zero-order valence-electron chi connectivity index (χ0n) is 14.8. The van der Waals surface area contributed by atoms with Crippen molar-refractivity contribution in [1.82, 2.24) is 5.32 Å². The summed E-state index contributed by atoms with van der Waals surface area (Å²) in [6.07, 6.45) is -10.0. The zero-order chi connectivity index (χ0) is 22.1. The summed E-state index contributed by atoms with van der Waals surface area (Å²) >= 11 is 4.85. The number of benzene rings is 2. The summed E-state index contributed by atoms with van der Waals surface area (Å²) in [4.78, 5) is 12.3. The van der Waals surface area contributed by atoms with Gasteiger partial charge in [-0.05, 0) is 48.6 Å². The molecule has 0 aliphatic carbocycles. The molecule has 2 aromatic carbocycles. The van der Waals surface area contributed by atoms with Crippen molar-refractivity contribution < 1.29 is 40.6 Å². The van der Waals surface area contributed by atoms with E-state index in [2.05, 4.69) is 10.6 Å². The summed E-state index contributed by atoms with van der Waals surface area (Å²) in [6.45, 7) is 0.637. The first kappa shape index (κ1) is 21.7. The monoisotopic (exact) mass is 450 g/mol. The van der Waals surface area contributed by atoms with Crippen LogP contribution in [0.15, 0.2) is 36.4 Å². The number of carbonyl (C=O) groups is 1. The van der Waals surface area contributed by atoms with E-state index in [0.29, 0.717) is 30.2 Å². The van der Waals surface area contributed by atoms with Gasteiger partial charge in [0.2, 0.25) is 0 Å². The molecule has 1 heterocycles. The predicted molar refractivity (Wildman–Crippen MR) is 97.6 cm³/mol. The molecule has 0 unspecified atom stereocenters. The van der Waals surface area contributed by atoms with Crippen LogP contribution >= 0.6 is 12.2 Å². The summed E-state index contributed by atoms with van der Waals surface area (Å²) < 4.78 is 88.2. The van der Waals surface area contributed by atoms with Gasteiger partial charge in [-0.3, -0.25) is 10.1 Å². The minimum absolute atomic E-state index is 0.0119. The van der Waals surface area contributed by atoms with Crippen LogP contribution in [0.5, 0.6) is 11.5 Å². The third-order valence-corrected chi connectivity index (χ3v) is 4.08. The highest BCUT2D eigenvalue weighted by molar-refractivity contribution is 7.80. The molecule has 0 saturated heterocycles. The number of anilines is 1. The highest BCUT2D eigenvalue weighted by atomic mass is 32.1. The summed E-state index contributed by atoms with van der Waals surface area (Å²) in [5, 5.41) is 3.88. The first-order valence-electron chi connectivity index (χ1n) is 8.25. The average molecular weight is 450 g/mol. The Balaban J connectivity index is 1.76. The number of halogens is 6. The molecule has 0 spiro atoms. The SMILES string of the molecule is O=C(NC(=S)Nc1cc(C(F)(F)F)cc(C(F)(F)F)c1)c1ccc2c(c1)OCCO2. The number of rotatable bonds is 2. The zero-order valence-corrected chi connectivity index (χ0v) is 15.6. The fourth-order valence-electron chi connectivity index (χ4n) is 2.55. The summed E-state index contributed by atoms with van der Waals surface area (Å²) in [5.41, 5.74) is -3.50. The van der Waals surface area contributed by atoms with Gasteiger partial charge in [-0.25, -0.2) is 0 Å². The molecular weight excluding hydrogens is 438 g/mol. The number of fused-ring (bicyclic) bond motifs is 1. The van der Waals surface area contributed by atoms with Crippen LogP contribution in [0.2, 0.25) is 0 Å². The normalized spacial score (nSPS) is 13.5. The van der Waals surface area contributed by atoms with Crippen LogP contribution in [0, 0.1) is 0 Å². The lowest BCUT2D eigenvalue weighted by Gasteiger charge is -2.19. The molecule has 5 nitrogen and oxygen atoms in total. The third kappa shape index (κ3) is 5.12. The highest BCUT2D eigenvalue weighted by Crippen LogP contribution is 2.37. The topological polar surface area (TPSA) is 59.6 Å². The smallest absolute Gasteiger partial charge is 0.416 e. The molecule has 3 rings (SSSR count). The Labute approximate surface area is 171 Å². The lowest BCUT2D eigenvalue weighted by atomic mass is 10.1. The van der Waals surface area contributed by atoms with Crippen LogP contribution in [-0.2, 0) is 12.4 Å². The minimum atomic E-state index is -5.01. The van der Waals surface area contributed by atoms with E-state index in [-0.39, 0.29) is 18.2 Å². The molecule has 1 aliphatic rings. The van der Waals surface area contributed by atoms with Crippen LogP contribution < -0.4 is 20.1 Å². The van der Waals surface area contributed by atoms with Crippen LogP contribution in [0.3, 0.4) is 0 Å². The van der Waals surface area contributed by atoms with Gasteiger partial charge in [-0.1, -0.05) is 0 Å². The number of ether oxygens (including phenoxy) is 2. The quantitative estimate of drug-likeness (QED) is 0.517. The van der Waals surface area contributed by atoms with Crippen molar-refractivity contribution in [3.8, 4) is 11.5 Å². The Morgan fingerprint density at radius 2 is 1.43 bits per heavy atom. The second-order valence-corrected chi connectivity index (χ2v) is 6.47. The van der Waals surface area contributed by atoms with E-state index >= 15 is 0 Å². The van der Waals surface area contributed by atoms with Crippen LogP contribution in [0.25, 0.3) is 0 Å². The molecule has 0 fully saturated rings. The fourth-order valence-corrected chi connectivity index (χ4v) is 2.76. The molecule has 1 aliphatic heterocycles. The number of nitrogens with one attached hydrogen (secondary N) is 2. The van der Waals surface area contributed by atoms with Gasteiger partial charge in [-0.15, -0.1) is 0 Å². The van der Waals surface area contributed by atoms with E-state index in [1.54, 1.807) is 0 Å². The summed E-state index contributed by atoms with van der Waals surface area (Å²) in [6, 6.07) is 5.16.